The fraction of sp³-hybridized carbons (Fsp3) is 0.333. The number of pyridine rings is 1. The molecule has 0 bridgehead atoms. The lowest BCUT2D eigenvalue weighted by Gasteiger charge is -2.05. The molecule has 1 atom stereocenters. The SMILES string of the molecule is Cc1cc(Cl)c(C)nc1-c1nn(C)c(S(C)=O)c1Cl. The molecule has 0 aliphatic heterocycles. The van der Waals surface area contributed by atoms with Crippen LogP contribution >= 0.6 is 23.2 Å². The predicted molar refractivity (Wildman–Crippen MR) is 78.3 cm³/mol. The molecule has 2 rings (SSSR count). The molecule has 4 nitrogen and oxygen atoms in total. The molecule has 2 aromatic heterocycles. The Balaban J connectivity index is 2.70. The molecule has 0 spiro atoms. The van der Waals surface area contributed by atoms with Crippen molar-refractivity contribution in [3.8, 4) is 11.4 Å². The van der Waals surface area contributed by atoms with Crippen LogP contribution in [0.1, 0.15) is 11.3 Å². The molecule has 0 aliphatic carbocycles. The van der Waals surface area contributed by atoms with E-state index >= 15 is 0 Å². The van der Waals surface area contributed by atoms with E-state index in [0.717, 1.165) is 5.56 Å². The van der Waals surface area contributed by atoms with Gasteiger partial charge >= 0.3 is 0 Å². The van der Waals surface area contributed by atoms with Gasteiger partial charge in [-0.15, -0.1) is 0 Å². The first-order valence-electron chi connectivity index (χ1n) is 5.53. The largest absolute Gasteiger partial charge is 0.257 e. The smallest absolute Gasteiger partial charge is 0.144 e. The molecule has 0 N–H and O–H groups in total. The topological polar surface area (TPSA) is 47.8 Å². The van der Waals surface area contributed by atoms with E-state index in [-0.39, 0.29) is 0 Å². The minimum Gasteiger partial charge on any atom is -0.257 e. The van der Waals surface area contributed by atoms with Crippen molar-refractivity contribution in [1.29, 1.82) is 0 Å². The normalized spacial score (nSPS) is 12.7. The lowest BCUT2D eigenvalue weighted by atomic mass is 10.1. The van der Waals surface area contributed by atoms with Crippen LogP contribution in [0, 0.1) is 13.8 Å². The molecule has 102 valence electrons. The number of aryl methyl sites for hydroxylation is 3. The van der Waals surface area contributed by atoms with Crippen LogP contribution in [0.2, 0.25) is 10.0 Å². The molecule has 2 aromatic rings. The fourth-order valence-electron chi connectivity index (χ4n) is 1.86. The molecule has 0 amide bonds. The second-order valence-corrected chi connectivity index (χ2v) is 6.35. The van der Waals surface area contributed by atoms with Gasteiger partial charge in [0.25, 0.3) is 0 Å². The molecule has 1 unspecified atom stereocenters. The highest BCUT2D eigenvalue weighted by molar-refractivity contribution is 7.84. The van der Waals surface area contributed by atoms with Crippen molar-refractivity contribution in [3.63, 3.8) is 0 Å². The Hall–Kier alpha value is -0.910. The maximum Gasteiger partial charge on any atom is 0.144 e. The molecule has 0 radical (unpaired) electrons. The summed E-state index contributed by atoms with van der Waals surface area (Å²) in [5.74, 6) is 0. The van der Waals surface area contributed by atoms with Crippen molar-refractivity contribution in [3.05, 3.63) is 27.4 Å². The summed E-state index contributed by atoms with van der Waals surface area (Å²) in [5.41, 5.74) is 2.79. The highest BCUT2D eigenvalue weighted by atomic mass is 35.5. The van der Waals surface area contributed by atoms with E-state index in [1.165, 1.54) is 4.68 Å². The highest BCUT2D eigenvalue weighted by Gasteiger charge is 2.21. The van der Waals surface area contributed by atoms with E-state index in [4.69, 9.17) is 23.2 Å². The van der Waals surface area contributed by atoms with Crippen LogP contribution in [0.15, 0.2) is 11.1 Å². The van der Waals surface area contributed by atoms with Crippen molar-refractivity contribution >= 4 is 34.0 Å². The molecule has 19 heavy (non-hydrogen) atoms. The molecule has 0 aromatic carbocycles. The zero-order valence-corrected chi connectivity index (χ0v) is 13.3. The third-order valence-electron chi connectivity index (χ3n) is 2.78. The van der Waals surface area contributed by atoms with Gasteiger partial charge in [0.15, 0.2) is 0 Å². The summed E-state index contributed by atoms with van der Waals surface area (Å²) in [6.07, 6.45) is 1.57. The second-order valence-electron chi connectivity index (χ2n) is 4.27. The first-order chi connectivity index (χ1) is 8.82. The monoisotopic (exact) mass is 317 g/mol. The van der Waals surface area contributed by atoms with Gasteiger partial charge in [0.1, 0.15) is 15.7 Å². The van der Waals surface area contributed by atoms with Gasteiger partial charge in [-0.25, -0.2) is 4.98 Å². The molecule has 2 heterocycles. The zero-order chi connectivity index (χ0) is 14.3. The lowest BCUT2D eigenvalue weighted by Crippen LogP contribution is -1.99. The summed E-state index contributed by atoms with van der Waals surface area (Å²) in [5, 5.41) is 5.79. The number of nitrogens with zero attached hydrogens (tertiary/aromatic N) is 3. The third-order valence-corrected chi connectivity index (χ3v) is 4.64. The Morgan fingerprint density at radius 2 is 1.89 bits per heavy atom. The molecule has 7 heteroatoms. The van der Waals surface area contributed by atoms with Gasteiger partial charge in [0.05, 0.1) is 27.2 Å². The van der Waals surface area contributed by atoms with E-state index in [1.54, 1.807) is 13.3 Å². The maximum absolute atomic E-state index is 11.7. The number of aromatic nitrogens is 3. The Labute approximate surface area is 124 Å². The maximum atomic E-state index is 11.7. The van der Waals surface area contributed by atoms with E-state index in [9.17, 15) is 4.21 Å². The standard InChI is InChI=1S/C12H13Cl2N3OS/c1-6-5-8(13)7(2)15-10(6)11-9(14)12(19(4)18)17(3)16-11/h5H,1-4H3. The van der Waals surface area contributed by atoms with Gasteiger partial charge in [-0.2, -0.15) is 5.10 Å². The Kier molecular flexibility index (Phi) is 3.99. The molecular weight excluding hydrogens is 305 g/mol. The average Bonchev–Trinajstić information content (AvgIpc) is 2.59. The van der Waals surface area contributed by atoms with E-state index in [0.29, 0.717) is 32.2 Å². The molecule has 0 fully saturated rings. The van der Waals surface area contributed by atoms with Crippen LogP contribution in [0.4, 0.5) is 0 Å². The molecule has 0 aliphatic rings. The Morgan fingerprint density at radius 3 is 2.42 bits per heavy atom. The van der Waals surface area contributed by atoms with Crippen LogP contribution in [0.5, 0.6) is 0 Å². The summed E-state index contributed by atoms with van der Waals surface area (Å²) < 4.78 is 13.2. The first kappa shape index (κ1) is 14.5. The molecule has 0 saturated heterocycles. The fourth-order valence-corrected chi connectivity index (χ4v) is 3.40. The summed E-state index contributed by atoms with van der Waals surface area (Å²) in [7, 11) is 0.506. The van der Waals surface area contributed by atoms with Crippen LogP contribution in [-0.2, 0) is 17.8 Å². The summed E-state index contributed by atoms with van der Waals surface area (Å²) in [6, 6.07) is 1.83. The van der Waals surface area contributed by atoms with Crippen LogP contribution in [-0.4, -0.2) is 25.2 Å². The highest BCUT2D eigenvalue weighted by Crippen LogP contribution is 2.33. The van der Waals surface area contributed by atoms with Crippen molar-refractivity contribution < 1.29 is 4.21 Å². The van der Waals surface area contributed by atoms with Crippen molar-refractivity contribution in [2.75, 3.05) is 6.26 Å². The van der Waals surface area contributed by atoms with Crippen molar-refractivity contribution in [2.24, 2.45) is 7.05 Å². The Bertz CT molecular complexity index is 682. The van der Waals surface area contributed by atoms with Gasteiger partial charge < -0.3 is 0 Å². The second kappa shape index (κ2) is 5.23. The quantitative estimate of drug-likeness (QED) is 0.854. The minimum absolute atomic E-state index is 0.376. The van der Waals surface area contributed by atoms with E-state index in [1.807, 2.05) is 19.9 Å². The van der Waals surface area contributed by atoms with Crippen molar-refractivity contribution in [1.82, 2.24) is 14.8 Å². The number of hydrogen-bond acceptors (Lipinski definition) is 3. The number of hydrogen-bond donors (Lipinski definition) is 0. The first-order valence-corrected chi connectivity index (χ1v) is 7.84. The summed E-state index contributed by atoms with van der Waals surface area (Å²) >= 11 is 12.3. The van der Waals surface area contributed by atoms with Crippen molar-refractivity contribution in [2.45, 2.75) is 18.9 Å². The number of rotatable bonds is 2. The average molecular weight is 318 g/mol. The third kappa shape index (κ3) is 2.55. The van der Waals surface area contributed by atoms with Gasteiger partial charge in [0.2, 0.25) is 0 Å². The summed E-state index contributed by atoms with van der Waals surface area (Å²) in [4.78, 5) is 4.43. The Morgan fingerprint density at radius 1 is 1.26 bits per heavy atom. The van der Waals surface area contributed by atoms with Gasteiger partial charge in [-0.3, -0.25) is 8.89 Å². The van der Waals surface area contributed by atoms with Gasteiger partial charge in [-0.05, 0) is 25.5 Å². The minimum atomic E-state index is -1.21. The number of halogens is 2. The lowest BCUT2D eigenvalue weighted by molar-refractivity contribution is 0.656. The van der Waals surface area contributed by atoms with E-state index in [2.05, 4.69) is 10.1 Å². The molecular formula is C12H13Cl2N3OS. The van der Waals surface area contributed by atoms with Gasteiger partial charge in [-0.1, -0.05) is 23.2 Å². The van der Waals surface area contributed by atoms with Crippen LogP contribution in [0.3, 0.4) is 0 Å². The van der Waals surface area contributed by atoms with E-state index < -0.39 is 10.8 Å². The predicted octanol–water partition coefficient (Wildman–Crippen LogP) is 3.14. The van der Waals surface area contributed by atoms with Crippen LogP contribution in [0.25, 0.3) is 11.4 Å². The summed E-state index contributed by atoms with van der Waals surface area (Å²) in [6.45, 7) is 3.71. The van der Waals surface area contributed by atoms with Crippen LogP contribution < -0.4 is 0 Å². The molecule has 0 saturated carbocycles. The zero-order valence-electron chi connectivity index (χ0n) is 11.0. The van der Waals surface area contributed by atoms with Gasteiger partial charge in [0, 0.05) is 13.3 Å².